The first-order valence-corrected chi connectivity index (χ1v) is 7.43. The molecular formula is C18H18N2O. The number of carbonyl (C=O) groups excluding carboxylic acids is 1. The smallest absolute Gasteiger partial charge is 0.225 e. The Kier molecular flexibility index (Phi) is 2.58. The molecule has 1 fully saturated rings. The number of nitrogens with zero attached hydrogens (tertiary/aromatic N) is 1. The minimum absolute atomic E-state index is 0.234. The van der Waals surface area contributed by atoms with Gasteiger partial charge in [-0.3, -0.25) is 4.79 Å². The number of hydrogen-bond acceptors (Lipinski definition) is 2. The number of amides is 1. The number of rotatable bonds is 1. The summed E-state index contributed by atoms with van der Waals surface area (Å²) in [6.45, 7) is 2.78. The van der Waals surface area contributed by atoms with Gasteiger partial charge in [-0.05, 0) is 24.1 Å². The van der Waals surface area contributed by atoms with Gasteiger partial charge in [-0.15, -0.1) is 0 Å². The molecule has 0 bridgehead atoms. The number of fused-ring (bicyclic) bond motifs is 2. The van der Waals surface area contributed by atoms with E-state index in [9.17, 15) is 4.79 Å². The summed E-state index contributed by atoms with van der Waals surface area (Å²) >= 11 is 0. The quantitative estimate of drug-likeness (QED) is 0.867. The molecule has 2 heterocycles. The summed E-state index contributed by atoms with van der Waals surface area (Å²) < 4.78 is 0. The molecule has 2 aliphatic rings. The Bertz CT molecular complexity index is 707. The second-order valence-electron chi connectivity index (χ2n) is 5.99. The first kappa shape index (κ1) is 12.5. The summed E-state index contributed by atoms with van der Waals surface area (Å²) in [5, 5.41) is 3.64. The first-order chi connectivity index (χ1) is 10.2. The average molecular weight is 278 g/mol. The second kappa shape index (κ2) is 4.35. The van der Waals surface area contributed by atoms with E-state index in [1.54, 1.807) is 0 Å². The van der Waals surface area contributed by atoms with Crippen molar-refractivity contribution in [1.29, 1.82) is 0 Å². The third-order valence-electron chi connectivity index (χ3n) is 4.68. The highest BCUT2D eigenvalue weighted by Gasteiger charge is 2.49. The molecule has 0 spiro atoms. The molecular weight excluding hydrogens is 260 g/mol. The van der Waals surface area contributed by atoms with Crippen LogP contribution in [0.3, 0.4) is 0 Å². The fraction of sp³-hybridized carbons (Fsp3) is 0.278. The molecule has 1 saturated heterocycles. The largest absolute Gasteiger partial charge is 0.359 e. The molecule has 2 aliphatic heterocycles. The molecule has 1 N–H and O–H groups in total. The van der Waals surface area contributed by atoms with Gasteiger partial charge in [-0.1, -0.05) is 48.0 Å². The van der Waals surface area contributed by atoms with E-state index >= 15 is 0 Å². The monoisotopic (exact) mass is 278 g/mol. The van der Waals surface area contributed by atoms with Crippen molar-refractivity contribution < 1.29 is 4.79 Å². The zero-order valence-corrected chi connectivity index (χ0v) is 12.1. The van der Waals surface area contributed by atoms with Crippen LogP contribution in [0.5, 0.6) is 0 Å². The van der Waals surface area contributed by atoms with E-state index in [0.29, 0.717) is 13.0 Å². The number of aryl methyl sites for hydroxylation is 1. The van der Waals surface area contributed by atoms with Crippen molar-refractivity contribution in [2.75, 3.05) is 5.32 Å². The van der Waals surface area contributed by atoms with E-state index in [1.807, 2.05) is 17.0 Å². The fourth-order valence-corrected chi connectivity index (χ4v) is 3.50. The third-order valence-corrected chi connectivity index (χ3v) is 4.68. The molecule has 0 radical (unpaired) electrons. The molecule has 2 aromatic rings. The van der Waals surface area contributed by atoms with Gasteiger partial charge in [0.15, 0.2) is 0 Å². The number of anilines is 1. The van der Waals surface area contributed by atoms with Gasteiger partial charge >= 0.3 is 0 Å². The lowest BCUT2D eigenvalue weighted by Gasteiger charge is -2.44. The summed E-state index contributed by atoms with van der Waals surface area (Å²) in [6, 6.07) is 16.8. The summed E-state index contributed by atoms with van der Waals surface area (Å²) in [4.78, 5) is 14.3. The van der Waals surface area contributed by atoms with E-state index in [2.05, 4.69) is 48.6 Å². The zero-order chi connectivity index (χ0) is 14.4. The average Bonchev–Trinajstić information content (AvgIpc) is 2.83. The third kappa shape index (κ3) is 1.77. The van der Waals surface area contributed by atoms with Crippen molar-refractivity contribution in [2.24, 2.45) is 0 Å². The molecule has 1 amide bonds. The summed E-state index contributed by atoms with van der Waals surface area (Å²) in [5.41, 5.74) is 4.37. The van der Waals surface area contributed by atoms with Gasteiger partial charge in [0.1, 0.15) is 5.66 Å². The summed E-state index contributed by atoms with van der Waals surface area (Å²) in [5.74, 6) is 0.234. The van der Waals surface area contributed by atoms with Crippen LogP contribution in [0.2, 0.25) is 0 Å². The van der Waals surface area contributed by atoms with Crippen molar-refractivity contribution in [3.8, 4) is 0 Å². The van der Waals surface area contributed by atoms with Crippen molar-refractivity contribution in [2.45, 2.75) is 32.0 Å². The van der Waals surface area contributed by atoms with Gasteiger partial charge in [0.05, 0.1) is 6.54 Å². The van der Waals surface area contributed by atoms with Crippen LogP contribution in [0.25, 0.3) is 0 Å². The molecule has 106 valence electrons. The highest BCUT2D eigenvalue weighted by atomic mass is 16.2. The van der Waals surface area contributed by atoms with E-state index in [0.717, 1.165) is 12.1 Å². The standard InChI is InChI=1S/C18H18N2O/c1-13-6-8-15(9-7-13)18-11-10-17(21)20(18)12-14-4-2-3-5-16(14)19-18/h2-9,19H,10-12H2,1H3/t18-/m0/s1. The molecule has 0 saturated carbocycles. The van der Waals surface area contributed by atoms with Gasteiger partial charge < -0.3 is 10.2 Å². The summed E-state index contributed by atoms with van der Waals surface area (Å²) in [6.07, 6.45) is 1.43. The van der Waals surface area contributed by atoms with E-state index in [-0.39, 0.29) is 11.6 Å². The fourth-order valence-electron chi connectivity index (χ4n) is 3.50. The van der Waals surface area contributed by atoms with Crippen LogP contribution in [-0.4, -0.2) is 10.8 Å². The normalized spacial score (nSPS) is 23.5. The van der Waals surface area contributed by atoms with Crippen molar-refractivity contribution in [3.63, 3.8) is 0 Å². The van der Waals surface area contributed by atoms with Crippen LogP contribution in [0.1, 0.15) is 29.5 Å². The van der Waals surface area contributed by atoms with Crippen molar-refractivity contribution in [3.05, 3.63) is 65.2 Å². The Balaban J connectivity index is 1.85. The molecule has 1 atom stereocenters. The number of carbonyl (C=O) groups is 1. The van der Waals surface area contributed by atoms with Crippen LogP contribution in [-0.2, 0) is 17.0 Å². The van der Waals surface area contributed by atoms with Crippen LogP contribution in [0.15, 0.2) is 48.5 Å². The maximum absolute atomic E-state index is 12.3. The van der Waals surface area contributed by atoms with E-state index < -0.39 is 0 Å². The van der Waals surface area contributed by atoms with Crippen LogP contribution >= 0.6 is 0 Å². The van der Waals surface area contributed by atoms with Gasteiger partial charge in [0.2, 0.25) is 5.91 Å². The number of hydrogen-bond donors (Lipinski definition) is 1. The van der Waals surface area contributed by atoms with E-state index in [4.69, 9.17) is 0 Å². The van der Waals surface area contributed by atoms with Crippen molar-refractivity contribution in [1.82, 2.24) is 4.90 Å². The minimum atomic E-state index is -0.376. The summed E-state index contributed by atoms with van der Waals surface area (Å²) in [7, 11) is 0. The maximum atomic E-state index is 12.3. The zero-order valence-electron chi connectivity index (χ0n) is 12.1. The van der Waals surface area contributed by atoms with Gasteiger partial charge in [0.25, 0.3) is 0 Å². The van der Waals surface area contributed by atoms with Gasteiger partial charge in [0, 0.05) is 18.5 Å². The van der Waals surface area contributed by atoms with Gasteiger partial charge in [-0.2, -0.15) is 0 Å². The highest BCUT2D eigenvalue weighted by molar-refractivity contribution is 5.82. The number of benzene rings is 2. The molecule has 3 heteroatoms. The molecule has 21 heavy (non-hydrogen) atoms. The predicted octanol–water partition coefficient (Wildman–Crippen LogP) is 3.40. The molecule has 0 aromatic heterocycles. The van der Waals surface area contributed by atoms with Crippen molar-refractivity contribution >= 4 is 11.6 Å². The number of nitrogens with one attached hydrogen (secondary N) is 1. The topological polar surface area (TPSA) is 32.3 Å². The maximum Gasteiger partial charge on any atom is 0.225 e. The SMILES string of the molecule is Cc1ccc([C@]23CCC(=O)N2Cc2ccccc2N3)cc1. The lowest BCUT2D eigenvalue weighted by Crippen LogP contribution is -2.51. The number of para-hydroxylation sites is 1. The highest BCUT2D eigenvalue weighted by Crippen LogP contribution is 2.45. The Hall–Kier alpha value is -2.29. The first-order valence-electron chi connectivity index (χ1n) is 7.43. The van der Waals surface area contributed by atoms with Crippen LogP contribution < -0.4 is 5.32 Å². The van der Waals surface area contributed by atoms with Crippen LogP contribution in [0, 0.1) is 6.92 Å². The Morgan fingerprint density at radius 1 is 1.10 bits per heavy atom. The van der Waals surface area contributed by atoms with Gasteiger partial charge in [-0.25, -0.2) is 0 Å². The molecule has 0 aliphatic carbocycles. The lowest BCUT2D eigenvalue weighted by atomic mass is 9.92. The molecule has 0 unspecified atom stereocenters. The molecule has 2 aromatic carbocycles. The van der Waals surface area contributed by atoms with E-state index in [1.165, 1.54) is 16.7 Å². The Morgan fingerprint density at radius 3 is 2.67 bits per heavy atom. The second-order valence-corrected chi connectivity index (χ2v) is 5.99. The molecule has 3 nitrogen and oxygen atoms in total. The Labute approximate surface area is 124 Å². The molecule has 4 rings (SSSR count). The minimum Gasteiger partial charge on any atom is -0.359 e. The predicted molar refractivity (Wildman–Crippen MR) is 82.7 cm³/mol. The lowest BCUT2D eigenvalue weighted by molar-refractivity contribution is -0.131. The van der Waals surface area contributed by atoms with Crippen LogP contribution in [0.4, 0.5) is 5.69 Å². The Morgan fingerprint density at radius 2 is 1.86 bits per heavy atom.